The zero-order chi connectivity index (χ0) is 14.7. The SMILES string of the molecule is CCCCC(CCC)CC(C(=O)O)C(C)CCCC. The van der Waals surface area contributed by atoms with Crippen LogP contribution in [-0.4, -0.2) is 11.1 Å². The minimum Gasteiger partial charge on any atom is -0.481 e. The summed E-state index contributed by atoms with van der Waals surface area (Å²) in [4.78, 5) is 11.5. The minimum absolute atomic E-state index is 0.139. The van der Waals surface area contributed by atoms with Gasteiger partial charge < -0.3 is 5.11 Å². The van der Waals surface area contributed by atoms with Crippen LogP contribution in [0.4, 0.5) is 0 Å². The lowest BCUT2D eigenvalue weighted by Crippen LogP contribution is -2.24. The summed E-state index contributed by atoms with van der Waals surface area (Å²) in [6.07, 6.45) is 10.3. The normalized spacial score (nSPS) is 16.0. The Kier molecular flexibility index (Phi) is 11.0. The highest BCUT2D eigenvalue weighted by molar-refractivity contribution is 5.70. The third kappa shape index (κ3) is 8.28. The predicted molar refractivity (Wildman–Crippen MR) is 82.4 cm³/mol. The van der Waals surface area contributed by atoms with E-state index in [4.69, 9.17) is 0 Å². The van der Waals surface area contributed by atoms with Gasteiger partial charge >= 0.3 is 5.97 Å². The predicted octanol–water partition coefficient (Wildman–Crippen LogP) is 5.51. The van der Waals surface area contributed by atoms with Crippen LogP contribution in [0.5, 0.6) is 0 Å². The molecule has 0 rings (SSSR count). The minimum atomic E-state index is -0.582. The highest BCUT2D eigenvalue weighted by Crippen LogP contribution is 2.30. The van der Waals surface area contributed by atoms with Crippen LogP contribution in [-0.2, 0) is 4.79 Å². The molecule has 2 heteroatoms. The van der Waals surface area contributed by atoms with Crippen LogP contribution < -0.4 is 0 Å². The van der Waals surface area contributed by atoms with E-state index in [1.54, 1.807) is 0 Å². The van der Waals surface area contributed by atoms with Gasteiger partial charge in [0.2, 0.25) is 0 Å². The number of carboxylic acid groups (broad SMARTS) is 1. The summed E-state index contributed by atoms with van der Waals surface area (Å²) in [5.74, 6) is 0.203. The summed E-state index contributed by atoms with van der Waals surface area (Å²) >= 11 is 0. The maximum atomic E-state index is 11.5. The first-order valence-corrected chi connectivity index (χ1v) is 8.29. The molecule has 0 aliphatic rings. The van der Waals surface area contributed by atoms with Crippen LogP contribution in [0, 0.1) is 17.8 Å². The third-order valence-corrected chi connectivity index (χ3v) is 4.27. The van der Waals surface area contributed by atoms with Crippen LogP contribution in [0.2, 0.25) is 0 Å². The lowest BCUT2D eigenvalue weighted by atomic mass is 9.80. The zero-order valence-electron chi connectivity index (χ0n) is 13.5. The molecule has 0 radical (unpaired) electrons. The molecule has 0 aliphatic heterocycles. The van der Waals surface area contributed by atoms with Crippen molar-refractivity contribution in [1.82, 2.24) is 0 Å². The number of carbonyl (C=O) groups is 1. The van der Waals surface area contributed by atoms with Gasteiger partial charge in [-0.1, -0.05) is 72.6 Å². The third-order valence-electron chi connectivity index (χ3n) is 4.27. The second-order valence-electron chi connectivity index (χ2n) is 6.10. The average Bonchev–Trinajstić information content (AvgIpc) is 2.38. The molecule has 0 amide bonds. The standard InChI is InChI=1S/C17H34O2/c1-5-8-11-14(4)16(17(18)19)13-15(10-7-3)12-9-6-2/h14-16H,5-13H2,1-4H3,(H,18,19). The van der Waals surface area contributed by atoms with Gasteiger partial charge in [0.1, 0.15) is 0 Å². The maximum absolute atomic E-state index is 11.5. The van der Waals surface area contributed by atoms with Crippen molar-refractivity contribution in [3.63, 3.8) is 0 Å². The van der Waals surface area contributed by atoms with Crippen LogP contribution in [0.25, 0.3) is 0 Å². The van der Waals surface area contributed by atoms with Crippen LogP contribution >= 0.6 is 0 Å². The molecule has 0 aromatic rings. The Balaban J connectivity index is 4.45. The van der Waals surface area contributed by atoms with E-state index in [1.165, 1.54) is 32.1 Å². The average molecular weight is 270 g/mol. The van der Waals surface area contributed by atoms with E-state index in [1.807, 2.05) is 0 Å². The Morgan fingerprint density at radius 2 is 1.53 bits per heavy atom. The molecule has 0 saturated carbocycles. The molecular weight excluding hydrogens is 236 g/mol. The van der Waals surface area contributed by atoms with Crippen LogP contribution in [0.3, 0.4) is 0 Å². The molecule has 3 unspecified atom stereocenters. The van der Waals surface area contributed by atoms with E-state index in [0.717, 1.165) is 25.7 Å². The van der Waals surface area contributed by atoms with Crippen LogP contribution in [0.1, 0.15) is 85.5 Å². The number of unbranched alkanes of at least 4 members (excludes halogenated alkanes) is 2. The zero-order valence-corrected chi connectivity index (χ0v) is 13.5. The Hall–Kier alpha value is -0.530. The molecule has 0 fully saturated rings. The smallest absolute Gasteiger partial charge is 0.306 e. The number of hydrogen-bond acceptors (Lipinski definition) is 1. The van der Waals surface area contributed by atoms with Gasteiger partial charge in [0.15, 0.2) is 0 Å². The van der Waals surface area contributed by atoms with Crippen LogP contribution in [0.15, 0.2) is 0 Å². The Labute approximate surface area is 120 Å². The van der Waals surface area contributed by atoms with E-state index in [9.17, 15) is 9.90 Å². The fourth-order valence-corrected chi connectivity index (χ4v) is 2.94. The van der Waals surface area contributed by atoms with Crippen molar-refractivity contribution in [3.8, 4) is 0 Å². The van der Waals surface area contributed by atoms with Gasteiger partial charge in [-0.15, -0.1) is 0 Å². The second-order valence-corrected chi connectivity index (χ2v) is 6.10. The van der Waals surface area contributed by atoms with E-state index in [0.29, 0.717) is 11.8 Å². The molecule has 114 valence electrons. The number of carboxylic acids is 1. The largest absolute Gasteiger partial charge is 0.481 e. The second kappa shape index (κ2) is 11.3. The Morgan fingerprint density at radius 3 is 2.00 bits per heavy atom. The van der Waals surface area contributed by atoms with Gasteiger partial charge in [0.25, 0.3) is 0 Å². The van der Waals surface area contributed by atoms with E-state index in [-0.39, 0.29) is 5.92 Å². The first-order chi connectivity index (χ1) is 9.06. The first kappa shape index (κ1) is 18.5. The Bertz CT molecular complexity index is 225. The van der Waals surface area contributed by atoms with Crippen molar-refractivity contribution < 1.29 is 9.90 Å². The summed E-state index contributed by atoms with van der Waals surface area (Å²) in [6.45, 7) is 8.71. The lowest BCUT2D eigenvalue weighted by Gasteiger charge is -2.25. The number of rotatable bonds is 12. The molecule has 0 aliphatic carbocycles. The molecular formula is C17H34O2. The van der Waals surface area contributed by atoms with Crippen molar-refractivity contribution in [2.75, 3.05) is 0 Å². The van der Waals surface area contributed by atoms with E-state index >= 15 is 0 Å². The number of aliphatic carboxylic acids is 1. The van der Waals surface area contributed by atoms with Crippen molar-refractivity contribution in [2.45, 2.75) is 85.5 Å². The molecule has 3 atom stereocenters. The van der Waals surface area contributed by atoms with Crippen molar-refractivity contribution in [2.24, 2.45) is 17.8 Å². The molecule has 1 N–H and O–H groups in total. The van der Waals surface area contributed by atoms with Gasteiger partial charge in [-0.2, -0.15) is 0 Å². The van der Waals surface area contributed by atoms with Crippen molar-refractivity contribution in [1.29, 1.82) is 0 Å². The Morgan fingerprint density at radius 1 is 0.947 bits per heavy atom. The quantitative estimate of drug-likeness (QED) is 0.507. The summed E-state index contributed by atoms with van der Waals surface area (Å²) in [7, 11) is 0. The molecule has 0 bridgehead atoms. The molecule has 0 heterocycles. The monoisotopic (exact) mass is 270 g/mol. The molecule has 2 nitrogen and oxygen atoms in total. The molecule has 0 aromatic carbocycles. The van der Waals surface area contributed by atoms with Gasteiger partial charge in [-0.3, -0.25) is 4.79 Å². The fraction of sp³-hybridized carbons (Fsp3) is 0.941. The molecule has 0 spiro atoms. The van der Waals surface area contributed by atoms with Gasteiger partial charge in [0.05, 0.1) is 5.92 Å². The van der Waals surface area contributed by atoms with Crippen molar-refractivity contribution >= 4 is 5.97 Å². The summed E-state index contributed by atoms with van der Waals surface area (Å²) < 4.78 is 0. The summed E-state index contributed by atoms with van der Waals surface area (Å²) in [5, 5.41) is 9.49. The maximum Gasteiger partial charge on any atom is 0.306 e. The summed E-state index contributed by atoms with van der Waals surface area (Å²) in [5.41, 5.74) is 0. The fourth-order valence-electron chi connectivity index (χ4n) is 2.94. The van der Waals surface area contributed by atoms with Gasteiger partial charge in [-0.25, -0.2) is 0 Å². The molecule has 0 saturated heterocycles. The highest BCUT2D eigenvalue weighted by atomic mass is 16.4. The highest BCUT2D eigenvalue weighted by Gasteiger charge is 2.27. The molecule has 0 aromatic heterocycles. The van der Waals surface area contributed by atoms with E-state index < -0.39 is 5.97 Å². The lowest BCUT2D eigenvalue weighted by molar-refractivity contribution is -0.144. The van der Waals surface area contributed by atoms with E-state index in [2.05, 4.69) is 27.7 Å². The molecule has 19 heavy (non-hydrogen) atoms. The topological polar surface area (TPSA) is 37.3 Å². The van der Waals surface area contributed by atoms with Gasteiger partial charge in [0, 0.05) is 0 Å². The van der Waals surface area contributed by atoms with Gasteiger partial charge in [-0.05, 0) is 24.7 Å². The van der Waals surface area contributed by atoms with Crippen molar-refractivity contribution in [3.05, 3.63) is 0 Å². The summed E-state index contributed by atoms with van der Waals surface area (Å²) in [6, 6.07) is 0. The first-order valence-electron chi connectivity index (χ1n) is 8.29. The number of hydrogen-bond donors (Lipinski definition) is 1.